The van der Waals surface area contributed by atoms with E-state index in [4.69, 9.17) is 9.68 Å². The van der Waals surface area contributed by atoms with Crippen LogP contribution in [-0.2, 0) is 6.54 Å². The SMILES string of the molecule is CC(CNCc1ccc(C#N)o1)CN1CCCC1. The number of nitriles is 1. The van der Waals surface area contributed by atoms with Gasteiger partial charge in [0.1, 0.15) is 11.8 Å². The van der Waals surface area contributed by atoms with E-state index in [2.05, 4.69) is 17.1 Å². The third kappa shape index (κ3) is 3.86. The summed E-state index contributed by atoms with van der Waals surface area (Å²) in [5.74, 6) is 1.87. The Morgan fingerprint density at radius 1 is 1.44 bits per heavy atom. The minimum absolute atomic E-state index is 0.386. The molecule has 1 aliphatic rings. The summed E-state index contributed by atoms with van der Waals surface area (Å²) >= 11 is 0. The number of nitrogens with zero attached hydrogens (tertiary/aromatic N) is 2. The Bertz CT molecular complexity index is 401. The van der Waals surface area contributed by atoms with Crippen LogP contribution in [0, 0.1) is 17.2 Å². The molecule has 0 aliphatic carbocycles. The summed E-state index contributed by atoms with van der Waals surface area (Å²) in [4.78, 5) is 2.53. The van der Waals surface area contributed by atoms with E-state index in [0.29, 0.717) is 18.2 Å². The van der Waals surface area contributed by atoms with Gasteiger partial charge in [0, 0.05) is 6.54 Å². The normalized spacial score (nSPS) is 17.8. The molecule has 0 spiro atoms. The zero-order chi connectivity index (χ0) is 12.8. The first-order valence-electron chi connectivity index (χ1n) is 6.70. The van der Waals surface area contributed by atoms with Crippen LogP contribution in [-0.4, -0.2) is 31.1 Å². The lowest BCUT2D eigenvalue weighted by molar-refractivity contribution is 0.281. The summed E-state index contributed by atoms with van der Waals surface area (Å²) in [6.07, 6.45) is 2.70. The molecule has 18 heavy (non-hydrogen) atoms. The van der Waals surface area contributed by atoms with Gasteiger partial charge >= 0.3 is 0 Å². The maximum Gasteiger partial charge on any atom is 0.203 e. The molecule has 0 amide bonds. The van der Waals surface area contributed by atoms with Gasteiger partial charge < -0.3 is 14.6 Å². The van der Waals surface area contributed by atoms with Crippen molar-refractivity contribution in [3.8, 4) is 6.07 Å². The van der Waals surface area contributed by atoms with E-state index in [0.717, 1.165) is 12.3 Å². The van der Waals surface area contributed by atoms with Crippen LogP contribution < -0.4 is 5.32 Å². The predicted octanol–water partition coefficient (Wildman–Crippen LogP) is 1.97. The second-order valence-electron chi connectivity index (χ2n) is 5.12. The molecule has 1 aromatic heterocycles. The summed E-state index contributed by atoms with van der Waals surface area (Å²) in [5, 5.41) is 12.0. The van der Waals surface area contributed by atoms with Crippen molar-refractivity contribution in [2.24, 2.45) is 5.92 Å². The number of nitrogens with one attached hydrogen (secondary N) is 1. The number of rotatable bonds is 6. The Morgan fingerprint density at radius 3 is 2.89 bits per heavy atom. The third-order valence-electron chi connectivity index (χ3n) is 3.33. The molecular formula is C14H21N3O. The van der Waals surface area contributed by atoms with E-state index in [1.807, 2.05) is 12.1 Å². The van der Waals surface area contributed by atoms with Gasteiger partial charge in [-0.2, -0.15) is 5.26 Å². The van der Waals surface area contributed by atoms with Gasteiger partial charge in [0.15, 0.2) is 0 Å². The minimum Gasteiger partial charge on any atom is -0.449 e. The molecule has 2 heterocycles. The molecule has 98 valence electrons. The van der Waals surface area contributed by atoms with Crippen LogP contribution in [0.2, 0.25) is 0 Å². The smallest absolute Gasteiger partial charge is 0.203 e. The lowest BCUT2D eigenvalue weighted by Gasteiger charge is -2.20. The Balaban J connectivity index is 1.63. The van der Waals surface area contributed by atoms with Gasteiger partial charge in [-0.15, -0.1) is 0 Å². The van der Waals surface area contributed by atoms with Gasteiger partial charge in [-0.3, -0.25) is 0 Å². The van der Waals surface area contributed by atoms with Gasteiger partial charge in [0.25, 0.3) is 0 Å². The lowest BCUT2D eigenvalue weighted by atomic mass is 10.1. The summed E-state index contributed by atoms with van der Waals surface area (Å²) in [5.41, 5.74) is 0. The van der Waals surface area contributed by atoms with Crippen LogP contribution in [0.15, 0.2) is 16.5 Å². The fourth-order valence-corrected chi connectivity index (χ4v) is 2.45. The predicted molar refractivity (Wildman–Crippen MR) is 70.0 cm³/mol. The van der Waals surface area contributed by atoms with Crippen LogP contribution in [0.4, 0.5) is 0 Å². The largest absolute Gasteiger partial charge is 0.449 e. The number of likely N-dealkylation sites (tertiary alicyclic amines) is 1. The van der Waals surface area contributed by atoms with Gasteiger partial charge in [0.2, 0.25) is 5.76 Å². The lowest BCUT2D eigenvalue weighted by Crippen LogP contribution is -2.31. The molecule has 0 aromatic carbocycles. The summed E-state index contributed by atoms with van der Waals surface area (Å²) in [6.45, 7) is 7.65. The molecule has 4 nitrogen and oxygen atoms in total. The Hall–Kier alpha value is -1.31. The van der Waals surface area contributed by atoms with Crippen molar-refractivity contribution in [2.75, 3.05) is 26.2 Å². The maximum atomic E-state index is 8.65. The van der Waals surface area contributed by atoms with Crippen LogP contribution >= 0.6 is 0 Å². The zero-order valence-corrected chi connectivity index (χ0v) is 11.0. The van der Waals surface area contributed by atoms with Crippen molar-refractivity contribution in [1.29, 1.82) is 5.26 Å². The van der Waals surface area contributed by atoms with Gasteiger partial charge in [-0.05, 0) is 50.5 Å². The van der Waals surface area contributed by atoms with E-state index in [-0.39, 0.29) is 0 Å². The van der Waals surface area contributed by atoms with E-state index in [1.165, 1.54) is 32.5 Å². The molecule has 0 radical (unpaired) electrons. The van der Waals surface area contributed by atoms with Crippen molar-refractivity contribution in [3.63, 3.8) is 0 Å². The van der Waals surface area contributed by atoms with Gasteiger partial charge in [-0.25, -0.2) is 0 Å². The van der Waals surface area contributed by atoms with E-state index in [9.17, 15) is 0 Å². The average Bonchev–Trinajstić information content (AvgIpc) is 3.00. The Labute approximate surface area is 109 Å². The topological polar surface area (TPSA) is 52.2 Å². The molecule has 1 saturated heterocycles. The summed E-state index contributed by atoms with van der Waals surface area (Å²) in [7, 11) is 0. The highest BCUT2D eigenvalue weighted by Crippen LogP contribution is 2.10. The maximum absolute atomic E-state index is 8.65. The number of hydrogen-bond acceptors (Lipinski definition) is 4. The minimum atomic E-state index is 0.386. The van der Waals surface area contributed by atoms with Crippen LogP contribution in [0.3, 0.4) is 0 Å². The molecule has 0 bridgehead atoms. The highest BCUT2D eigenvalue weighted by molar-refractivity contribution is 5.18. The highest BCUT2D eigenvalue weighted by Gasteiger charge is 2.14. The third-order valence-corrected chi connectivity index (χ3v) is 3.33. The number of hydrogen-bond donors (Lipinski definition) is 1. The monoisotopic (exact) mass is 247 g/mol. The first-order chi connectivity index (χ1) is 8.78. The van der Waals surface area contributed by atoms with E-state index in [1.54, 1.807) is 6.07 Å². The molecular weight excluding hydrogens is 226 g/mol. The van der Waals surface area contributed by atoms with Crippen molar-refractivity contribution in [3.05, 3.63) is 23.7 Å². The molecule has 1 fully saturated rings. The van der Waals surface area contributed by atoms with Gasteiger partial charge in [-0.1, -0.05) is 6.92 Å². The zero-order valence-electron chi connectivity index (χ0n) is 11.0. The van der Waals surface area contributed by atoms with Crippen molar-refractivity contribution in [2.45, 2.75) is 26.3 Å². The molecule has 0 saturated carbocycles. The summed E-state index contributed by atoms with van der Waals surface area (Å²) < 4.78 is 5.31. The van der Waals surface area contributed by atoms with Crippen molar-refractivity contribution in [1.82, 2.24) is 10.2 Å². The Morgan fingerprint density at radius 2 is 2.22 bits per heavy atom. The first kappa shape index (κ1) is 13.1. The van der Waals surface area contributed by atoms with Crippen LogP contribution in [0.25, 0.3) is 0 Å². The molecule has 1 aliphatic heterocycles. The fraction of sp³-hybridized carbons (Fsp3) is 0.643. The van der Waals surface area contributed by atoms with E-state index < -0.39 is 0 Å². The van der Waals surface area contributed by atoms with Gasteiger partial charge in [0.05, 0.1) is 6.54 Å². The van der Waals surface area contributed by atoms with Crippen molar-refractivity contribution >= 4 is 0 Å². The number of furan rings is 1. The molecule has 2 rings (SSSR count). The van der Waals surface area contributed by atoms with Crippen LogP contribution in [0.5, 0.6) is 0 Å². The van der Waals surface area contributed by atoms with Crippen LogP contribution in [0.1, 0.15) is 31.3 Å². The fourth-order valence-electron chi connectivity index (χ4n) is 2.45. The second-order valence-corrected chi connectivity index (χ2v) is 5.12. The first-order valence-corrected chi connectivity index (χ1v) is 6.70. The molecule has 1 N–H and O–H groups in total. The molecule has 4 heteroatoms. The highest BCUT2D eigenvalue weighted by atomic mass is 16.3. The summed E-state index contributed by atoms with van der Waals surface area (Å²) in [6, 6.07) is 5.56. The second kappa shape index (κ2) is 6.58. The quantitative estimate of drug-likeness (QED) is 0.835. The van der Waals surface area contributed by atoms with E-state index >= 15 is 0 Å². The molecule has 1 aromatic rings. The van der Waals surface area contributed by atoms with Crippen molar-refractivity contribution < 1.29 is 4.42 Å². The Kier molecular flexibility index (Phi) is 4.80. The molecule has 1 atom stereocenters. The standard InChI is InChI=1S/C14H21N3O/c1-12(11-17-6-2-3-7-17)9-16-10-14-5-4-13(8-15)18-14/h4-5,12,16H,2-3,6-7,9-11H2,1H3. The average molecular weight is 247 g/mol. The molecule has 1 unspecified atom stereocenters.